The van der Waals surface area contributed by atoms with E-state index in [9.17, 15) is 14.4 Å². The molecule has 0 aliphatic rings. The summed E-state index contributed by atoms with van der Waals surface area (Å²) >= 11 is 0. The van der Waals surface area contributed by atoms with Crippen LogP contribution in [0.4, 0.5) is 10.5 Å². The van der Waals surface area contributed by atoms with Crippen LogP contribution in [0.2, 0.25) is 0 Å². The molecule has 108 valence electrons. The van der Waals surface area contributed by atoms with Gasteiger partial charge in [-0.25, -0.2) is 9.59 Å². The molecule has 0 aliphatic heterocycles. The second-order valence-corrected chi connectivity index (χ2v) is 3.83. The highest BCUT2D eigenvalue weighted by molar-refractivity contribution is 6.01. The van der Waals surface area contributed by atoms with Crippen molar-refractivity contribution in [2.45, 2.75) is 13.0 Å². The van der Waals surface area contributed by atoms with Gasteiger partial charge in [0, 0.05) is 5.69 Å². The average molecular weight is 281 g/mol. The minimum Gasteiger partial charge on any atom is -0.496 e. The zero-order chi connectivity index (χ0) is 15.3. The van der Waals surface area contributed by atoms with Crippen molar-refractivity contribution >= 4 is 23.6 Å². The first-order chi connectivity index (χ1) is 9.36. The highest BCUT2D eigenvalue weighted by Crippen LogP contribution is 2.25. The number of primary amides is 1. The van der Waals surface area contributed by atoms with E-state index in [0.29, 0.717) is 0 Å². The number of esters is 1. The number of benzene rings is 1. The molecule has 3 amide bonds. The number of methoxy groups -OCH3 is 1. The van der Waals surface area contributed by atoms with E-state index in [0.717, 1.165) is 0 Å². The van der Waals surface area contributed by atoms with Gasteiger partial charge in [0.15, 0.2) is 6.10 Å². The number of nitrogen functional groups attached to an aromatic ring is 1. The van der Waals surface area contributed by atoms with Gasteiger partial charge in [0.1, 0.15) is 11.3 Å². The highest BCUT2D eigenvalue weighted by Gasteiger charge is 2.23. The van der Waals surface area contributed by atoms with Crippen LogP contribution in [-0.2, 0) is 9.53 Å². The number of rotatable bonds is 4. The molecule has 1 aromatic carbocycles. The van der Waals surface area contributed by atoms with Gasteiger partial charge in [0.2, 0.25) is 0 Å². The monoisotopic (exact) mass is 281 g/mol. The number of amides is 3. The van der Waals surface area contributed by atoms with E-state index in [2.05, 4.69) is 0 Å². The summed E-state index contributed by atoms with van der Waals surface area (Å²) in [7, 11) is 1.37. The number of imide groups is 1. The number of carbonyl (C=O) groups is 3. The van der Waals surface area contributed by atoms with Crippen molar-refractivity contribution in [3.63, 3.8) is 0 Å². The normalized spacial score (nSPS) is 11.3. The summed E-state index contributed by atoms with van der Waals surface area (Å²) in [6.45, 7) is 1.29. The van der Waals surface area contributed by atoms with Gasteiger partial charge in [-0.05, 0) is 19.1 Å². The first kappa shape index (κ1) is 15.3. The quantitative estimate of drug-likeness (QED) is 0.526. The lowest BCUT2D eigenvalue weighted by atomic mass is 10.1. The summed E-state index contributed by atoms with van der Waals surface area (Å²) in [5, 5.41) is 1.80. The fraction of sp³-hybridized carbons (Fsp3) is 0.250. The third kappa shape index (κ3) is 3.61. The molecule has 5 N–H and O–H groups in total. The summed E-state index contributed by atoms with van der Waals surface area (Å²) in [5.41, 5.74) is 10.6. The lowest BCUT2D eigenvalue weighted by molar-refractivity contribution is -0.127. The highest BCUT2D eigenvalue weighted by atomic mass is 16.5. The Bertz CT molecular complexity index is 544. The molecule has 0 heterocycles. The summed E-state index contributed by atoms with van der Waals surface area (Å²) in [6.07, 6.45) is -1.21. The molecule has 0 radical (unpaired) electrons. The number of carbonyl (C=O) groups excluding carboxylic acids is 3. The van der Waals surface area contributed by atoms with Crippen molar-refractivity contribution in [2.75, 3.05) is 12.8 Å². The fourth-order valence-corrected chi connectivity index (χ4v) is 1.43. The molecule has 8 nitrogen and oxygen atoms in total. The number of anilines is 1. The van der Waals surface area contributed by atoms with Crippen LogP contribution in [0.15, 0.2) is 18.2 Å². The van der Waals surface area contributed by atoms with Crippen LogP contribution in [0.5, 0.6) is 5.75 Å². The lowest BCUT2D eigenvalue weighted by Gasteiger charge is -2.14. The minimum atomic E-state index is -1.21. The van der Waals surface area contributed by atoms with Gasteiger partial charge >= 0.3 is 12.0 Å². The summed E-state index contributed by atoms with van der Waals surface area (Å²) in [4.78, 5) is 33.9. The number of hydrogen-bond donors (Lipinski definition) is 3. The van der Waals surface area contributed by atoms with Crippen molar-refractivity contribution in [1.82, 2.24) is 5.32 Å². The molecular weight excluding hydrogens is 266 g/mol. The second kappa shape index (κ2) is 6.41. The number of nitrogens with one attached hydrogen (secondary N) is 1. The SMILES string of the molecule is COc1cccc(N)c1C(=O)OC(C)C(=O)NC(N)=O. The Morgan fingerprint density at radius 2 is 1.95 bits per heavy atom. The Kier molecular flexibility index (Phi) is 4.90. The van der Waals surface area contributed by atoms with Crippen LogP contribution in [0.25, 0.3) is 0 Å². The standard InChI is InChI=1S/C12H15N3O5/c1-6(10(16)15-12(14)18)20-11(17)9-7(13)4-3-5-8(9)19-2/h3-6H,13H2,1-2H3,(H3,14,15,16,18). The summed E-state index contributed by atoms with van der Waals surface area (Å²) < 4.78 is 9.90. The van der Waals surface area contributed by atoms with E-state index >= 15 is 0 Å². The maximum Gasteiger partial charge on any atom is 0.344 e. The van der Waals surface area contributed by atoms with E-state index in [-0.39, 0.29) is 17.0 Å². The number of urea groups is 1. The van der Waals surface area contributed by atoms with Crippen LogP contribution in [0, 0.1) is 0 Å². The third-order valence-corrected chi connectivity index (χ3v) is 2.38. The molecule has 0 bridgehead atoms. The van der Waals surface area contributed by atoms with Gasteiger partial charge in [-0.3, -0.25) is 10.1 Å². The van der Waals surface area contributed by atoms with Gasteiger partial charge < -0.3 is 20.9 Å². The van der Waals surface area contributed by atoms with Gasteiger partial charge in [-0.15, -0.1) is 0 Å². The Morgan fingerprint density at radius 3 is 2.50 bits per heavy atom. The molecule has 0 saturated carbocycles. The first-order valence-electron chi connectivity index (χ1n) is 5.60. The van der Waals surface area contributed by atoms with E-state index < -0.39 is 24.0 Å². The number of hydrogen-bond acceptors (Lipinski definition) is 6. The second-order valence-electron chi connectivity index (χ2n) is 3.83. The van der Waals surface area contributed by atoms with Gasteiger partial charge in [0.25, 0.3) is 5.91 Å². The van der Waals surface area contributed by atoms with Crippen LogP contribution in [0.1, 0.15) is 17.3 Å². The van der Waals surface area contributed by atoms with E-state index in [4.69, 9.17) is 20.9 Å². The maximum atomic E-state index is 12.0. The smallest absolute Gasteiger partial charge is 0.344 e. The van der Waals surface area contributed by atoms with Crippen molar-refractivity contribution in [1.29, 1.82) is 0 Å². The third-order valence-electron chi connectivity index (χ3n) is 2.38. The molecule has 1 aromatic rings. The topological polar surface area (TPSA) is 134 Å². The van der Waals surface area contributed by atoms with Gasteiger partial charge in [-0.1, -0.05) is 6.07 Å². The zero-order valence-electron chi connectivity index (χ0n) is 11.0. The van der Waals surface area contributed by atoms with Crippen molar-refractivity contribution < 1.29 is 23.9 Å². The number of ether oxygens (including phenoxy) is 2. The lowest BCUT2D eigenvalue weighted by Crippen LogP contribution is -2.42. The Hall–Kier alpha value is -2.77. The van der Waals surface area contributed by atoms with Crippen molar-refractivity contribution in [2.24, 2.45) is 5.73 Å². The minimum absolute atomic E-state index is 0.00808. The van der Waals surface area contributed by atoms with E-state index in [1.807, 2.05) is 0 Å². The van der Waals surface area contributed by atoms with E-state index in [1.54, 1.807) is 11.4 Å². The Morgan fingerprint density at radius 1 is 1.30 bits per heavy atom. The molecule has 1 rings (SSSR count). The zero-order valence-corrected chi connectivity index (χ0v) is 11.0. The van der Waals surface area contributed by atoms with Gasteiger partial charge in [-0.2, -0.15) is 0 Å². The Balaban J connectivity index is 2.87. The molecule has 0 saturated heterocycles. The molecule has 8 heteroatoms. The van der Waals surface area contributed by atoms with Gasteiger partial charge in [0.05, 0.1) is 7.11 Å². The molecule has 0 aliphatic carbocycles. The predicted octanol–water partition coefficient (Wildman–Crippen LogP) is 0.0176. The summed E-state index contributed by atoms with van der Waals surface area (Å²) in [5.74, 6) is -1.45. The maximum absolute atomic E-state index is 12.0. The average Bonchev–Trinajstić information content (AvgIpc) is 2.37. The summed E-state index contributed by atoms with van der Waals surface area (Å²) in [6, 6.07) is 3.59. The molecule has 20 heavy (non-hydrogen) atoms. The van der Waals surface area contributed by atoms with Crippen LogP contribution < -0.4 is 21.5 Å². The predicted molar refractivity (Wildman–Crippen MR) is 70.0 cm³/mol. The van der Waals surface area contributed by atoms with E-state index in [1.165, 1.54) is 26.2 Å². The Labute approximate surface area is 115 Å². The van der Waals surface area contributed by atoms with Crippen molar-refractivity contribution in [3.05, 3.63) is 23.8 Å². The van der Waals surface area contributed by atoms with Crippen molar-refractivity contribution in [3.8, 4) is 5.75 Å². The molecule has 0 spiro atoms. The van der Waals surface area contributed by atoms with Crippen LogP contribution >= 0.6 is 0 Å². The first-order valence-corrected chi connectivity index (χ1v) is 5.60. The molecule has 0 aromatic heterocycles. The molecule has 1 unspecified atom stereocenters. The fourth-order valence-electron chi connectivity index (χ4n) is 1.43. The van der Waals surface area contributed by atoms with Crippen LogP contribution in [0.3, 0.4) is 0 Å². The van der Waals surface area contributed by atoms with Crippen LogP contribution in [-0.4, -0.2) is 31.1 Å². The largest absolute Gasteiger partial charge is 0.496 e. The molecule has 1 atom stereocenters. The molecule has 0 fully saturated rings. The number of nitrogens with two attached hydrogens (primary N) is 2. The molecular formula is C12H15N3O5.